The topological polar surface area (TPSA) is 194 Å². The predicted octanol–water partition coefficient (Wildman–Crippen LogP) is 3.17. The minimum Gasteiger partial charge on any atom is -0.369 e. The van der Waals surface area contributed by atoms with Crippen molar-refractivity contribution in [1.82, 2.24) is 45.2 Å². The number of nitrogens with zero attached hydrogens (tertiary/aromatic N) is 7. The molecule has 8 rings (SSSR count). The van der Waals surface area contributed by atoms with E-state index in [2.05, 4.69) is 47.7 Å². The molecule has 16 heteroatoms. The van der Waals surface area contributed by atoms with E-state index in [-0.39, 0.29) is 24.7 Å². The van der Waals surface area contributed by atoms with Crippen molar-refractivity contribution in [2.75, 3.05) is 49.5 Å². The Morgan fingerprint density at radius 1 is 1.00 bits per heavy atom. The maximum absolute atomic E-state index is 13.6. The van der Waals surface area contributed by atoms with E-state index in [1.807, 2.05) is 53.6 Å². The van der Waals surface area contributed by atoms with Crippen molar-refractivity contribution in [3.8, 4) is 11.3 Å². The van der Waals surface area contributed by atoms with Crippen LogP contribution in [-0.4, -0.2) is 109 Å². The van der Waals surface area contributed by atoms with Crippen molar-refractivity contribution in [1.29, 1.82) is 0 Å². The van der Waals surface area contributed by atoms with Crippen LogP contribution in [0.5, 0.6) is 0 Å². The summed E-state index contributed by atoms with van der Waals surface area (Å²) in [5, 5.41) is 25.0. The first kappa shape index (κ1) is 35.9. The quantitative estimate of drug-likeness (QED) is 0.0931. The van der Waals surface area contributed by atoms with Crippen molar-refractivity contribution in [3.05, 3.63) is 83.8 Å². The number of hydrogen-bond donors (Lipinski definition) is 5. The number of rotatable bonds is 12. The van der Waals surface area contributed by atoms with Gasteiger partial charge in [-0.05, 0) is 62.2 Å². The lowest BCUT2D eigenvalue weighted by molar-refractivity contribution is -0.139. The molecule has 3 aliphatic heterocycles. The highest BCUT2D eigenvalue weighted by atomic mass is 16.3. The molecule has 5 aromatic rings. The number of aryl methyl sites for hydroxylation is 1. The fraction of sp³-hybridized carbons (Fsp3) is 0.359. The van der Waals surface area contributed by atoms with Gasteiger partial charge in [0.2, 0.25) is 17.8 Å². The molecule has 284 valence electrons. The number of aromatic nitrogens is 5. The van der Waals surface area contributed by atoms with Crippen LogP contribution in [0, 0.1) is 0 Å². The van der Waals surface area contributed by atoms with Gasteiger partial charge in [-0.1, -0.05) is 19.1 Å². The van der Waals surface area contributed by atoms with Crippen molar-refractivity contribution >= 4 is 52.0 Å². The maximum Gasteiger partial charge on any atom is 0.259 e. The Labute approximate surface area is 316 Å². The Balaban J connectivity index is 0.809. The van der Waals surface area contributed by atoms with E-state index in [0.29, 0.717) is 47.9 Å². The Bertz CT molecular complexity index is 2240. The summed E-state index contributed by atoms with van der Waals surface area (Å²) in [6.45, 7) is 7.16. The first-order chi connectivity index (χ1) is 26.8. The van der Waals surface area contributed by atoms with Gasteiger partial charge in [-0.25, -0.2) is 4.98 Å². The highest BCUT2D eigenvalue weighted by Gasteiger charge is 2.46. The molecule has 2 atom stereocenters. The molecule has 2 saturated heterocycles. The number of carbonyl (C=O) groups excluding carboxylic acids is 4. The largest absolute Gasteiger partial charge is 0.369 e. The second kappa shape index (κ2) is 15.3. The maximum atomic E-state index is 13.6. The van der Waals surface area contributed by atoms with Crippen LogP contribution in [0.15, 0.2) is 67.1 Å². The summed E-state index contributed by atoms with van der Waals surface area (Å²) in [4.78, 5) is 69.0. The van der Waals surface area contributed by atoms with Gasteiger partial charge in [-0.15, -0.1) is 0 Å². The lowest BCUT2D eigenvalue weighted by Gasteiger charge is -2.37. The number of carbonyl (C=O) groups is 4. The molecule has 2 fully saturated rings. The summed E-state index contributed by atoms with van der Waals surface area (Å²) in [5.41, 5.74) is 5.33. The summed E-state index contributed by atoms with van der Waals surface area (Å²) in [5.74, 6) is -1.06. The van der Waals surface area contributed by atoms with Gasteiger partial charge in [0.25, 0.3) is 11.8 Å². The zero-order chi connectivity index (χ0) is 38.1. The number of imide groups is 1. The van der Waals surface area contributed by atoms with Gasteiger partial charge in [-0.3, -0.25) is 39.0 Å². The number of H-pyrrole nitrogens is 1. The Kier molecular flexibility index (Phi) is 9.99. The number of aromatic amines is 1. The fourth-order valence-electron chi connectivity index (χ4n) is 7.63. The van der Waals surface area contributed by atoms with E-state index in [4.69, 9.17) is 4.98 Å². The predicted molar refractivity (Wildman–Crippen MR) is 204 cm³/mol. The molecule has 0 aliphatic carbocycles. The number of anilines is 3. The normalized spacial score (nSPS) is 18.8. The molecule has 0 bridgehead atoms. The van der Waals surface area contributed by atoms with Gasteiger partial charge >= 0.3 is 0 Å². The third-order valence-corrected chi connectivity index (χ3v) is 10.4. The molecule has 0 spiro atoms. The van der Waals surface area contributed by atoms with E-state index in [1.165, 1.54) is 4.90 Å². The molecule has 3 aromatic heterocycles. The van der Waals surface area contributed by atoms with Crippen molar-refractivity contribution < 1.29 is 24.3 Å². The second-order valence-corrected chi connectivity index (χ2v) is 14.1. The first-order valence-corrected chi connectivity index (χ1v) is 18.7. The Morgan fingerprint density at radius 2 is 1.82 bits per heavy atom. The molecule has 2 unspecified atom stereocenters. The summed E-state index contributed by atoms with van der Waals surface area (Å²) in [7, 11) is 0. The number of piperidine rings is 1. The van der Waals surface area contributed by atoms with Crippen LogP contribution >= 0.6 is 0 Å². The van der Waals surface area contributed by atoms with E-state index in [0.717, 1.165) is 67.0 Å². The van der Waals surface area contributed by atoms with Gasteiger partial charge in [0.15, 0.2) is 6.23 Å². The number of fused-ring (bicyclic) bond motifs is 2. The van der Waals surface area contributed by atoms with Crippen molar-refractivity contribution in [2.24, 2.45) is 0 Å². The fourth-order valence-corrected chi connectivity index (χ4v) is 7.63. The van der Waals surface area contributed by atoms with Gasteiger partial charge in [0.1, 0.15) is 11.7 Å². The van der Waals surface area contributed by atoms with Crippen LogP contribution in [0.4, 0.5) is 17.3 Å². The molecular formula is C39H43N11O5. The molecule has 0 radical (unpaired) electrons. The summed E-state index contributed by atoms with van der Waals surface area (Å²) in [6, 6.07) is 13.7. The zero-order valence-corrected chi connectivity index (χ0v) is 30.5. The third kappa shape index (κ3) is 7.25. The minimum atomic E-state index is -1.25. The molecule has 3 aliphatic rings. The molecule has 4 amide bonds. The van der Waals surface area contributed by atoms with Crippen LogP contribution in [0.3, 0.4) is 0 Å². The molecule has 55 heavy (non-hydrogen) atoms. The van der Waals surface area contributed by atoms with Crippen LogP contribution in [-0.2, 0) is 16.1 Å². The summed E-state index contributed by atoms with van der Waals surface area (Å²) in [6.07, 6.45) is 6.45. The van der Waals surface area contributed by atoms with Crippen molar-refractivity contribution in [2.45, 2.75) is 51.4 Å². The standard InChI is InChI=1S/C39H43N11O5/c1-2-16-49-23-25(22-42-49)33-28-13-15-40-34(28)46-39(45-33)43-26-9-7-24(8-10-26)35(52)41-14-4-17-47-18-20-48(21-19-47)29-6-3-5-27-32(29)38(55)50(37(27)54)30-11-12-31(51)44-36(30)53/h3,5-10,13,15,22-23,30,37,54H,2,4,11-12,14,16-21H2,1H3,(H,41,52)(H,44,51,53)(H2,40,43,45,46). The monoisotopic (exact) mass is 745 g/mol. The van der Waals surface area contributed by atoms with Crippen LogP contribution in [0.25, 0.3) is 22.3 Å². The van der Waals surface area contributed by atoms with Crippen LogP contribution < -0.4 is 20.9 Å². The molecule has 0 saturated carbocycles. The highest BCUT2D eigenvalue weighted by molar-refractivity contribution is 6.08. The number of piperazine rings is 1. The number of nitrogens with one attached hydrogen (secondary N) is 4. The third-order valence-electron chi connectivity index (χ3n) is 10.4. The molecule has 16 nitrogen and oxygen atoms in total. The number of aliphatic hydroxyl groups is 1. The van der Waals surface area contributed by atoms with E-state index in [9.17, 15) is 24.3 Å². The number of hydrogen-bond acceptors (Lipinski definition) is 11. The zero-order valence-electron chi connectivity index (χ0n) is 30.5. The van der Waals surface area contributed by atoms with E-state index in [1.54, 1.807) is 18.2 Å². The Hall–Kier alpha value is -6.13. The number of amides is 4. The SMILES string of the molecule is CCCn1cc(-c2nc(Nc3ccc(C(=O)NCCCN4CCN(c5cccc6c5C(=O)N(C5CCC(=O)NC5=O)C6O)CC4)cc3)nc3[nH]ccc23)cn1. The summed E-state index contributed by atoms with van der Waals surface area (Å²) < 4.78 is 1.91. The average molecular weight is 746 g/mol. The van der Waals surface area contributed by atoms with Gasteiger partial charge in [-0.2, -0.15) is 10.1 Å². The first-order valence-electron chi connectivity index (χ1n) is 18.7. The molecule has 6 heterocycles. The highest BCUT2D eigenvalue weighted by Crippen LogP contribution is 2.40. The van der Waals surface area contributed by atoms with E-state index >= 15 is 0 Å². The number of aliphatic hydroxyl groups excluding tert-OH is 1. The molecule has 5 N–H and O–H groups in total. The average Bonchev–Trinajstić information content (AvgIpc) is 3.93. The molecular weight excluding hydrogens is 703 g/mol. The molecule has 2 aromatic carbocycles. The second-order valence-electron chi connectivity index (χ2n) is 14.1. The van der Waals surface area contributed by atoms with Gasteiger partial charge in [0, 0.05) is 85.8 Å². The van der Waals surface area contributed by atoms with Gasteiger partial charge < -0.3 is 25.6 Å². The van der Waals surface area contributed by atoms with Crippen LogP contribution in [0.2, 0.25) is 0 Å². The van der Waals surface area contributed by atoms with Crippen molar-refractivity contribution in [3.63, 3.8) is 0 Å². The van der Waals surface area contributed by atoms with Crippen LogP contribution in [0.1, 0.15) is 65.1 Å². The lowest BCUT2D eigenvalue weighted by atomic mass is 10.0. The Morgan fingerprint density at radius 3 is 2.60 bits per heavy atom. The number of benzene rings is 2. The lowest BCUT2D eigenvalue weighted by Crippen LogP contribution is -2.53. The smallest absolute Gasteiger partial charge is 0.259 e. The van der Waals surface area contributed by atoms with E-state index < -0.39 is 24.1 Å². The minimum absolute atomic E-state index is 0.117. The summed E-state index contributed by atoms with van der Waals surface area (Å²) >= 11 is 0. The van der Waals surface area contributed by atoms with Gasteiger partial charge in [0.05, 0.1) is 23.1 Å².